The third kappa shape index (κ3) is 2.17. The van der Waals surface area contributed by atoms with Gasteiger partial charge in [-0.15, -0.1) is 0 Å². The van der Waals surface area contributed by atoms with E-state index in [2.05, 4.69) is 20.8 Å². The van der Waals surface area contributed by atoms with Crippen molar-refractivity contribution >= 4 is 13.1 Å². The molecule has 1 aromatic rings. The fraction of sp³-hybridized carbons (Fsp3) is 0.611. The van der Waals surface area contributed by atoms with Crippen LogP contribution in [0.5, 0.6) is 0 Å². The monoisotopic (exact) mass is 314 g/mol. The standard InChI is InChI=1S/C18H23BO4/c1-17(2)13-8-14(17)18(3)15(9-13)22-19(23-18)10-11-5-4-6-12(7-11)16(20)21/h4-7,13-15H,8-10H2,1-3H3,(H,20,21). The summed E-state index contributed by atoms with van der Waals surface area (Å²) in [5.74, 6) is 0.390. The fourth-order valence-electron chi connectivity index (χ4n) is 5.06. The Morgan fingerprint density at radius 2 is 2.13 bits per heavy atom. The Morgan fingerprint density at radius 3 is 2.83 bits per heavy atom. The summed E-state index contributed by atoms with van der Waals surface area (Å²) < 4.78 is 12.6. The molecule has 4 atom stereocenters. The molecule has 4 unspecified atom stereocenters. The van der Waals surface area contributed by atoms with Crippen LogP contribution in [0.15, 0.2) is 24.3 Å². The van der Waals surface area contributed by atoms with Crippen LogP contribution < -0.4 is 0 Å². The van der Waals surface area contributed by atoms with Crippen LogP contribution in [-0.2, 0) is 15.6 Å². The van der Waals surface area contributed by atoms with Crippen LogP contribution in [-0.4, -0.2) is 29.9 Å². The van der Waals surface area contributed by atoms with E-state index in [9.17, 15) is 4.79 Å². The maximum atomic E-state index is 11.1. The lowest BCUT2D eigenvalue weighted by Crippen LogP contribution is -2.65. The van der Waals surface area contributed by atoms with Crippen LogP contribution in [0, 0.1) is 17.3 Å². The molecule has 4 aliphatic rings. The molecule has 1 aliphatic heterocycles. The van der Waals surface area contributed by atoms with E-state index < -0.39 is 5.97 Å². The van der Waals surface area contributed by atoms with Crippen molar-refractivity contribution < 1.29 is 19.2 Å². The van der Waals surface area contributed by atoms with E-state index in [-0.39, 0.29) is 18.8 Å². The van der Waals surface area contributed by atoms with Gasteiger partial charge in [-0.25, -0.2) is 4.79 Å². The van der Waals surface area contributed by atoms with Crippen LogP contribution in [0.1, 0.15) is 49.5 Å². The number of carbonyl (C=O) groups is 1. The summed E-state index contributed by atoms with van der Waals surface area (Å²) in [5.41, 5.74) is 1.40. The van der Waals surface area contributed by atoms with Crippen molar-refractivity contribution in [3.8, 4) is 0 Å². The third-order valence-electron chi connectivity index (χ3n) is 6.58. The Morgan fingerprint density at radius 1 is 1.35 bits per heavy atom. The number of hydrogen-bond donors (Lipinski definition) is 1. The molecule has 3 aliphatic carbocycles. The van der Waals surface area contributed by atoms with Gasteiger partial charge in [-0.2, -0.15) is 0 Å². The van der Waals surface area contributed by atoms with E-state index in [0.717, 1.165) is 17.9 Å². The van der Waals surface area contributed by atoms with E-state index in [0.29, 0.717) is 23.2 Å². The Hall–Kier alpha value is -1.33. The van der Waals surface area contributed by atoms with Crippen LogP contribution in [0.25, 0.3) is 0 Å². The second-order valence-electron chi connectivity index (χ2n) is 8.11. The summed E-state index contributed by atoms with van der Waals surface area (Å²) in [6.45, 7) is 6.90. The summed E-state index contributed by atoms with van der Waals surface area (Å²) in [5, 5.41) is 9.12. The molecule has 4 fully saturated rings. The molecule has 0 aromatic heterocycles. The molecule has 2 bridgehead atoms. The molecule has 0 spiro atoms. The molecular weight excluding hydrogens is 291 g/mol. The molecule has 122 valence electrons. The van der Waals surface area contributed by atoms with Crippen molar-refractivity contribution in [2.24, 2.45) is 17.3 Å². The highest BCUT2D eigenvalue weighted by molar-refractivity contribution is 6.44. The Labute approximate surface area is 137 Å². The average molecular weight is 314 g/mol. The summed E-state index contributed by atoms with van der Waals surface area (Å²) >= 11 is 0. The first-order valence-electron chi connectivity index (χ1n) is 8.46. The summed E-state index contributed by atoms with van der Waals surface area (Å²) in [4.78, 5) is 11.1. The van der Waals surface area contributed by atoms with Crippen molar-refractivity contribution in [2.75, 3.05) is 0 Å². The molecule has 5 rings (SSSR count). The van der Waals surface area contributed by atoms with E-state index in [1.807, 2.05) is 6.07 Å². The number of aromatic carboxylic acids is 1. The zero-order valence-electron chi connectivity index (χ0n) is 13.9. The zero-order chi connectivity index (χ0) is 16.4. The van der Waals surface area contributed by atoms with Gasteiger partial charge < -0.3 is 14.4 Å². The number of benzene rings is 1. The molecule has 1 aromatic carbocycles. The highest BCUT2D eigenvalue weighted by atomic mass is 16.7. The van der Waals surface area contributed by atoms with E-state index >= 15 is 0 Å². The lowest BCUT2D eigenvalue weighted by atomic mass is 9.43. The Kier molecular flexibility index (Phi) is 3.20. The predicted octanol–water partition coefficient (Wildman–Crippen LogP) is 3.19. The highest BCUT2D eigenvalue weighted by Gasteiger charge is 2.67. The summed E-state index contributed by atoms with van der Waals surface area (Å²) in [6.07, 6.45) is 3.09. The highest BCUT2D eigenvalue weighted by Crippen LogP contribution is 2.65. The van der Waals surface area contributed by atoms with Gasteiger partial charge >= 0.3 is 13.1 Å². The van der Waals surface area contributed by atoms with Gasteiger partial charge in [-0.3, -0.25) is 0 Å². The van der Waals surface area contributed by atoms with E-state index in [1.165, 1.54) is 6.42 Å². The number of hydrogen-bond acceptors (Lipinski definition) is 3. The van der Waals surface area contributed by atoms with Crippen molar-refractivity contribution in [1.29, 1.82) is 0 Å². The number of carboxylic acids is 1. The van der Waals surface area contributed by atoms with Crippen molar-refractivity contribution in [1.82, 2.24) is 0 Å². The molecule has 5 heteroatoms. The molecule has 0 amide bonds. The Bertz CT molecular complexity index is 658. The first-order valence-corrected chi connectivity index (χ1v) is 8.46. The van der Waals surface area contributed by atoms with Crippen LogP contribution in [0.2, 0.25) is 0 Å². The summed E-state index contributed by atoms with van der Waals surface area (Å²) in [7, 11) is -0.274. The molecule has 3 saturated carbocycles. The fourth-order valence-corrected chi connectivity index (χ4v) is 5.06. The normalized spacial score (nSPS) is 37.2. The Balaban J connectivity index is 1.51. The van der Waals surface area contributed by atoms with E-state index in [1.54, 1.807) is 18.2 Å². The van der Waals surface area contributed by atoms with Crippen molar-refractivity contribution in [2.45, 2.75) is 51.6 Å². The smallest absolute Gasteiger partial charge is 0.462 e. The molecule has 1 saturated heterocycles. The maximum Gasteiger partial charge on any atom is 0.462 e. The molecule has 1 heterocycles. The average Bonchev–Trinajstić information content (AvgIpc) is 2.82. The predicted molar refractivity (Wildman–Crippen MR) is 87.2 cm³/mol. The minimum absolute atomic E-state index is 0.173. The quantitative estimate of drug-likeness (QED) is 0.871. The minimum atomic E-state index is -0.900. The van der Waals surface area contributed by atoms with Gasteiger partial charge in [0.15, 0.2) is 0 Å². The van der Waals surface area contributed by atoms with E-state index in [4.69, 9.17) is 14.4 Å². The molecule has 0 radical (unpaired) electrons. The van der Waals surface area contributed by atoms with Crippen molar-refractivity contribution in [3.05, 3.63) is 35.4 Å². The zero-order valence-corrected chi connectivity index (χ0v) is 13.9. The van der Waals surface area contributed by atoms with Crippen LogP contribution in [0.4, 0.5) is 0 Å². The largest absolute Gasteiger partial charge is 0.478 e. The van der Waals surface area contributed by atoms with Gasteiger partial charge in [0.05, 0.1) is 17.3 Å². The first kappa shape index (κ1) is 15.2. The van der Waals surface area contributed by atoms with Gasteiger partial charge in [0.1, 0.15) is 0 Å². The first-order chi connectivity index (χ1) is 10.8. The number of rotatable bonds is 3. The van der Waals surface area contributed by atoms with Gasteiger partial charge in [0, 0.05) is 6.32 Å². The minimum Gasteiger partial charge on any atom is -0.478 e. The topological polar surface area (TPSA) is 55.8 Å². The maximum absolute atomic E-state index is 11.1. The lowest BCUT2D eigenvalue weighted by Gasteiger charge is -2.64. The number of carboxylic acid groups (broad SMARTS) is 1. The van der Waals surface area contributed by atoms with Gasteiger partial charge in [-0.1, -0.05) is 26.0 Å². The second kappa shape index (κ2) is 4.84. The SMILES string of the molecule is CC1(C)C2CC3OB(Cc4cccc(C(=O)O)c4)OC3(C)C1C2. The molecular formula is C18H23BO4. The second-order valence-corrected chi connectivity index (χ2v) is 8.11. The van der Waals surface area contributed by atoms with Crippen molar-refractivity contribution in [3.63, 3.8) is 0 Å². The van der Waals surface area contributed by atoms with Gasteiger partial charge in [-0.05, 0) is 54.7 Å². The van der Waals surface area contributed by atoms with Crippen LogP contribution >= 0.6 is 0 Å². The molecule has 4 nitrogen and oxygen atoms in total. The molecule has 23 heavy (non-hydrogen) atoms. The van der Waals surface area contributed by atoms with Crippen LogP contribution in [0.3, 0.4) is 0 Å². The summed E-state index contributed by atoms with van der Waals surface area (Å²) in [6, 6.07) is 7.04. The lowest BCUT2D eigenvalue weighted by molar-refractivity contribution is -0.199. The third-order valence-corrected chi connectivity index (χ3v) is 6.58. The van der Waals surface area contributed by atoms with Gasteiger partial charge in [0.2, 0.25) is 0 Å². The molecule has 1 N–H and O–H groups in total. The van der Waals surface area contributed by atoms with Gasteiger partial charge in [0.25, 0.3) is 0 Å².